The van der Waals surface area contributed by atoms with Gasteiger partial charge in [0.15, 0.2) is 5.16 Å². The van der Waals surface area contributed by atoms with Crippen LogP contribution in [-0.2, 0) is 22.6 Å². The number of aliphatic carboxylic acids is 1. The van der Waals surface area contributed by atoms with E-state index in [1.165, 1.54) is 4.88 Å². The van der Waals surface area contributed by atoms with Gasteiger partial charge in [-0.15, -0.1) is 11.3 Å². The minimum absolute atomic E-state index is 0.0772. The molecule has 3 rings (SSSR count). The highest BCUT2D eigenvalue weighted by atomic mass is 32.2. The van der Waals surface area contributed by atoms with Crippen LogP contribution < -0.4 is 5.73 Å². The fraction of sp³-hybridized carbons (Fsp3) is 0.462. The van der Waals surface area contributed by atoms with Crippen molar-refractivity contribution < 1.29 is 14.6 Å². The van der Waals surface area contributed by atoms with Crippen molar-refractivity contribution in [1.82, 2.24) is 9.97 Å². The van der Waals surface area contributed by atoms with E-state index in [-0.39, 0.29) is 11.4 Å². The molecule has 0 fully saturated rings. The van der Waals surface area contributed by atoms with Crippen LogP contribution >= 0.6 is 23.1 Å². The minimum Gasteiger partial charge on any atom is -0.481 e. The summed E-state index contributed by atoms with van der Waals surface area (Å²) >= 11 is 2.67. The lowest BCUT2D eigenvalue weighted by atomic mass is 9.97. The molecule has 2 aromatic rings. The summed E-state index contributed by atoms with van der Waals surface area (Å²) in [4.78, 5) is 21.3. The Kier molecular flexibility index (Phi) is 3.54. The van der Waals surface area contributed by atoms with Gasteiger partial charge in [0.25, 0.3) is 0 Å². The summed E-state index contributed by atoms with van der Waals surface area (Å²) in [5, 5.41) is 9.98. The Hall–Kier alpha value is -1.38. The Labute approximate surface area is 129 Å². The topological polar surface area (TPSA) is 98.3 Å². The van der Waals surface area contributed by atoms with Crippen LogP contribution in [0.5, 0.6) is 0 Å². The number of carbonyl (C=O) groups is 1. The molecule has 21 heavy (non-hydrogen) atoms. The molecule has 0 amide bonds. The number of hydrogen-bond acceptors (Lipinski definition) is 7. The summed E-state index contributed by atoms with van der Waals surface area (Å²) in [6.45, 7) is 4.63. The molecule has 3 N–H and O–H groups in total. The second kappa shape index (κ2) is 5.11. The third kappa shape index (κ3) is 2.83. The van der Waals surface area contributed by atoms with Crippen LogP contribution in [0.15, 0.2) is 5.16 Å². The first-order valence-electron chi connectivity index (χ1n) is 6.42. The van der Waals surface area contributed by atoms with Crippen molar-refractivity contribution in [2.75, 3.05) is 11.5 Å². The van der Waals surface area contributed by atoms with E-state index >= 15 is 0 Å². The first kappa shape index (κ1) is 14.6. The van der Waals surface area contributed by atoms with E-state index in [1.54, 1.807) is 11.3 Å². The summed E-state index contributed by atoms with van der Waals surface area (Å²) in [6, 6.07) is 0. The Balaban J connectivity index is 2.03. The number of carboxylic acid groups (broad SMARTS) is 1. The predicted molar refractivity (Wildman–Crippen MR) is 82.8 cm³/mol. The molecule has 0 radical (unpaired) electrons. The van der Waals surface area contributed by atoms with Gasteiger partial charge in [0.05, 0.1) is 23.3 Å². The van der Waals surface area contributed by atoms with Crippen molar-refractivity contribution in [2.24, 2.45) is 0 Å². The monoisotopic (exact) mass is 325 g/mol. The number of hydrogen-bond donors (Lipinski definition) is 2. The smallest absolute Gasteiger partial charge is 0.313 e. The van der Waals surface area contributed by atoms with Crippen LogP contribution in [0.2, 0.25) is 0 Å². The van der Waals surface area contributed by atoms with Crippen LogP contribution in [0.3, 0.4) is 0 Å². The normalized spacial score (nSPS) is 16.9. The van der Waals surface area contributed by atoms with Gasteiger partial charge in [-0.05, 0) is 13.8 Å². The molecule has 0 saturated carbocycles. The molecule has 112 valence electrons. The van der Waals surface area contributed by atoms with Gasteiger partial charge >= 0.3 is 5.97 Å². The molecule has 8 heteroatoms. The van der Waals surface area contributed by atoms with Gasteiger partial charge in [0, 0.05) is 16.9 Å². The van der Waals surface area contributed by atoms with E-state index in [0.29, 0.717) is 17.6 Å². The van der Waals surface area contributed by atoms with Crippen LogP contribution in [0.25, 0.3) is 10.2 Å². The second-order valence-corrected chi connectivity index (χ2v) is 7.51. The number of nitrogen functional groups attached to an aromatic ring is 1. The quantitative estimate of drug-likeness (QED) is 0.660. The van der Waals surface area contributed by atoms with Crippen molar-refractivity contribution in [3.05, 3.63) is 10.4 Å². The molecule has 0 bridgehead atoms. The molecule has 2 aromatic heterocycles. The zero-order valence-corrected chi connectivity index (χ0v) is 13.3. The molecule has 1 aliphatic heterocycles. The summed E-state index contributed by atoms with van der Waals surface area (Å²) < 4.78 is 5.84. The number of carboxylic acids is 1. The fourth-order valence-corrected chi connectivity index (χ4v) is 4.33. The fourth-order valence-electron chi connectivity index (χ4n) is 2.30. The molecule has 0 spiro atoms. The van der Waals surface area contributed by atoms with Gasteiger partial charge in [0.1, 0.15) is 10.6 Å². The lowest BCUT2D eigenvalue weighted by molar-refractivity contribution is -0.133. The number of anilines is 1. The number of fused-ring (bicyclic) bond motifs is 3. The highest BCUT2D eigenvalue weighted by molar-refractivity contribution is 7.99. The van der Waals surface area contributed by atoms with Crippen molar-refractivity contribution >= 4 is 45.1 Å². The van der Waals surface area contributed by atoms with Crippen LogP contribution in [0, 0.1) is 0 Å². The van der Waals surface area contributed by atoms with Crippen molar-refractivity contribution in [3.63, 3.8) is 0 Å². The summed E-state index contributed by atoms with van der Waals surface area (Å²) in [7, 11) is 0. The van der Waals surface area contributed by atoms with Gasteiger partial charge in [-0.25, -0.2) is 9.97 Å². The molecule has 0 aromatic carbocycles. The Morgan fingerprint density at radius 2 is 2.29 bits per heavy atom. The molecular formula is C13H15N3O3S2. The summed E-state index contributed by atoms with van der Waals surface area (Å²) in [6.07, 6.45) is 0.820. The number of nitrogens with two attached hydrogens (primary N) is 1. The van der Waals surface area contributed by atoms with E-state index in [4.69, 9.17) is 15.6 Å². The maximum atomic E-state index is 10.6. The van der Waals surface area contributed by atoms with E-state index < -0.39 is 5.97 Å². The SMILES string of the molecule is CC1(C)Cc2sc3nc(SCC(=O)O)nc(N)c3c2CO1. The standard InChI is InChI=1S/C13H15N3O3S2/c1-13(2)3-7-6(4-19-13)9-10(14)15-12(16-11(9)21-7)20-5-8(17)18/h3-5H2,1-2H3,(H,17,18)(H2,14,15,16). The summed E-state index contributed by atoms with van der Waals surface area (Å²) in [5.41, 5.74) is 6.93. The molecule has 6 nitrogen and oxygen atoms in total. The van der Waals surface area contributed by atoms with Gasteiger partial charge in [0.2, 0.25) is 0 Å². The highest BCUT2D eigenvalue weighted by Gasteiger charge is 2.30. The number of rotatable bonds is 3. The van der Waals surface area contributed by atoms with Gasteiger partial charge in [-0.1, -0.05) is 11.8 Å². The van der Waals surface area contributed by atoms with Crippen molar-refractivity contribution in [1.29, 1.82) is 0 Å². The Morgan fingerprint density at radius 3 is 3.00 bits per heavy atom. The lowest BCUT2D eigenvalue weighted by Crippen LogP contribution is -2.30. The number of thiophene rings is 1. The lowest BCUT2D eigenvalue weighted by Gasteiger charge is -2.29. The maximum absolute atomic E-state index is 10.6. The molecule has 0 saturated heterocycles. The third-order valence-electron chi connectivity index (χ3n) is 3.26. The van der Waals surface area contributed by atoms with Crippen LogP contribution in [0.1, 0.15) is 24.3 Å². The molecule has 0 unspecified atom stereocenters. The Bertz CT molecular complexity index is 727. The second-order valence-electron chi connectivity index (χ2n) is 5.48. The molecule has 0 atom stereocenters. The third-order valence-corrected chi connectivity index (χ3v) is 5.22. The first-order valence-corrected chi connectivity index (χ1v) is 8.22. The highest BCUT2D eigenvalue weighted by Crippen LogP contribution is 2.40. The molecular weight excluding hydrogens is 310 g/mol. The van der Waals surface area contributed by atoms with Gasteiger partial charge < -0.3 is 15.6 Å². The van der Waals surface area contributed by atoms with Crippen LogP contribution in [-0.4, -0.2) is 32.4 Å². The van der Waals surface area contributed by atoms with Crippen LogP contribution in [0.4, 0.5) is 5.82 Å². The number of thioether (sulfide) groups is 1. The minimum atomic E-state index is -0.900. The van der Waals surface area contributed by atoms with Gasteiger partial charge in [-0.2, -0.15) is 0 Å². The largest absolute Gasteiger partial charge is 0.481 e. The number of nitrogens with zero attached hydrogens (tertiary/aromatic N) is 2. The number of ether oxygens (including phenoxy) is 1. The zero-order chi connectivity index (χ0) is 15.2. The average Bonchev–Trinajstić information content (AvgIpc) is 2.72. The molecule has 3 heterocycles. The van der Waals surface area contributed by atoms with E-state index in [0.717, 1.165) is 34.0 Å². The first-order chi connectivity index (χ1) is 9.85. The van der Waals surface area contributed by atoms with Gasteiger partial charge in [-0.3, -0.25) is 4.79 Å². The predicted octanol–water partition coefficient (Wildman–Crippen LogP) is 2.30. The molecule has 1 aliphatic rings. The average molecular weight is 325 g/mol. The van der Waals surface area contributed by atoms with E-state index in [1.807, 2.05) is 0 Å². The zero-order valence-electron chi connectivity index (χ0n) is 11.7. The van der Waals surface area contributed by atoms with E-state index in [2.05, 4.69) is 23.8 Å². The summed E-state index contributed by atoms with van der Waals surface area (Å²) in [5.74, 6) is -0.580. The Morgan fingerprint density at radius 1 is 1.52 bits per heavy atom. The number of aromatic nitrogens is 2. The van der Waals surface area contributed by atoms with E-state index in [9.17, 15) is 4.79 Å². The van der Waals surface area contributed by atoms with Crippen molar-refractivity contribution in [2.45, 2.75) is 37.6 Å². The molecule has 0 aliphatic carbocycles. The van der Waals surface area contributed by atoms with Crippen molar-refractivity contribution in [3.8, 4) is 0 Å². The maximum Gasteiger partial charge on any atom is 0.313 e.